The van der Waals surface area contributed by atoms with E-state index >= 15 is 0 Å². The zero-order valence-corrected chi connectivity index (χ0v) is 13.8. The van der Waals surface area contributed by atoms with Gasteiger partial charge in [0.15, 0.2) is 0 Å². The summed E-state index contributed by atoms with van der Waals surface area (Å²) < 4.78 is 24.6. The number of benzene rings is 2. The fraction of sp³-hybridized carbons (Fsp3) is 0.133. The van der Waals surface area contributed by atoms with Crippen molar-refractivity contribution in [3.05, 3.63) is 54.1 Å². The molecule has 0 bridgehead atoms. The van der Waals surface area contributed by atoms with Gasteiger partial charge in [0.1, 0.15) is 0 Å². The van der Waals surface area contributed by atoms with Gasteiger partial charge in [-0.15, -0.1) is 11.8 Å². The molecule has 0 aliphatic carbocycles. The van der Waals surface area contributed by atoms with Crippen LogP contribution in [0, 0.1) is 0 Å². The van der Waals surface area contributed by atoms with Gasteiger partial charge >= 0.3 is 0 Å². The lowest BCUT2D eigenvalue weighted by atomic mass is 10.2. The largest absolute Gasteiger partial charge is 0.322 e. The van der Waals surface area contributed by atoms with Crippen molar-refractivity contribution < 1.29 is 13.2 Å². The summed E-state index contributed by atoms with van der Waals surface area (Å²) in [6, 6.07) is 13.8. The third kappa shape index (κ3) is 4.78. The number of rotatable bonds is 5. The molecule has 0 fully saturated rings. The van der Waals surface area contributed by atoms with Crippen molar-refractivity contribution in [2.75, 3.05) is 22.6 Å². The third-order valence-corrected chi connectivity index (χ3v) is 4.15. The van der Waals surface area contributed by atoms with Crippen LogP contribution in [0.15, 0.2) is 53.4 Å². The Morgan fingerprint density at radius 1 is 0.955 bits per heavy atom. The molecule has 0 aliphatic rings. The highest BCUT2D eigenvalue weighted by molar-refractivity contribution is 7.98. The standard InChI is InChI=1S/C15H16N2O3S2/c1-21-14-9-7-12(8-10-14)16-15(18)11-3-5-13(6-4-11)17-22(2,19)20/h3-10,17H,1-2H3,(H,16,18). The van der Waals surface area contributed by atoms with Crippen LogP contribution in [0.4, 0.5) is 11.4 Å². The number of anilines is 2. The summed E-state index contributed by atoms with van der Waals surface area (Å²) in [5.74, 6) is -0.247. The van der Waals surface area contributed by atoms with E-state index in [9.17, 15) is 13.2 Å². The molecule has 0 heterocycles. The molecule has 7 heteroatoms. The molecule has 0 spiro atoms. The number of nitrogens with one attached hydrogen (secondary N) is 2. The van der Waals surface area contributed by atoms with E-state index in [2.05, 4.69) is 10.0 Å². The van der Waals surface area contributed by atoms with Crippen LogP contribution in [-0.2, 0) is 10.0 Å². The van der Waals surface area contributed by atoms with Gasteiger partial charge in [0.2, 0.25) is 10.0 Å². The van der Waals surface area contributed by atoms with Crippen LogP contribution in [0.5, 0.6) is 0 Å². The Hall–Kier alpha value is -1.99. The van der Waals surface area contributed by atoms with E-state index in [4.69, 9.17) is 0 Å². The predicted octanol–water partition coefficient (Wildman–Crippen LogP) is 3.03. The molecule has 2 N–H and O–H groups in total. The lowest BCUT2D eigenvalue weighted by Crippen LogP contribution is -2.12. The lowest BCUT2D eigenvalue weighted by Gasteiger charge is -2.07. The molecule has 0 aliphatic heterocycles. The minimum atomic E-state index is -3.32. The zero-order valence-electron chi connectivity index (χ0n) is 12.2. The molecule has 2 rings (SSSR count). The number of amides is 1. The van der Waals surface area contributed by atoms with Crippen molar-refractivity contribution >= 4 is 39.1 Å². The van der Waals surface area contributed by atoms with Crippen LogP contribution in [0.3, 0.4) is 0 Å². The molecular formula is C15H16N2O3S2. The summed E-state index contributed by atoms with van der Waals surface area (Å²) in [5, 5.41) is 2.79. The summed E-state index contributed by atoms with van der Waals surface area (Å²) >= 11 is 1.63. The summed E-state index contributed by atoms with van der Waals surface area (Å²) in [7, 11) is -3.32. The van der Waals surface area contributed by atoms with Crippen LogP contribution >= 0.6 is 11.8 Å². The van der Waals surface area contributed by atoms with Crippen LogP contribution in [0.25, 0.3) is 0 Å². The van der Waals surface area contributed by atoms with E-state index < -0.39 is 10.0 Å². The lowest BCUT2D eigenvalue weighted by molar-refractivity contribution is 0.102. The molecule has 0 aromatic heterocycles. The molecule has 0 saturated heterocycles. The SMILES string of the molecule is CSc1ccc(NC(=O)c2ccc(NS(C)(=O)=O)cc2)cc1. The Labute approximate surface area is 134 Å². The van der Waals surface area contributed by atoms with Gasteiger partial charge in [0.05, 0.1) is 6.26 Å². The van der Waals surface area contributed by atoms with Gasteiger partial charge in [-0.3, -0.25) is 9.52 Å². The van der Waals surface area contributed by atoms with E-state index in [1.165, 1.54) is 0 Å². The van der Waals surface area contributed by atoms with Gasteiger partial charge in [-0.2, -0.15) is 0 Å². The van der Waals surface area contributed by atoms with Gasteiger partial charge in [-0.25, -0.2) is 8.42 Å². The highest BCUT2D eigenvalue weighted by Gasteiger charge is 2.07. The summed E-state index contributed by atoms with van der Waals surface area (Å²) in [5.41, 5.74) is 1.58. The first-order valence-corrected chi connectivity index (χ1v) is 9.52. The van der Waals surface area contributed by atoms with Gasteiger partial charge in [0, 0.05) is 21.8 Å². The fourth-order valence-corrected chi connectivity index (χ4v) is 2.75. The van der Waals surface area contributed by atoms with E-state index in [0.29, 0.717) is 16.9 Å². The monoisotopic (exact) mass is 336 g/mol. The zero-order chi connectivity index (χ0) is 16.2. The number of thioether (sulfide) groups is 1. The molecule has 116 valence electrons. The molecule has 0 saturated carbocycles. The topological polar surface area (TPSA) is 75.3 Å². The quantitative estimate of drug-likeness (QED) is 0.823. The number of sulfonamides is 1. The number of carbonyl (C=O) groups excluding carboxylic acids is 1. The molecule has 0 radical (unpaired) electrons. The molecule has 0 unspecified atom stereocenters. The second kappa shape index (κ2) is 6.85. The van der Waals surface area contributed by atoms with Crippen molar-refractivity contribution in [2.24, 2.45) is 0 Å². The Kier molecular flexibility index (Phi) is 5.10. The Morgan fingerprint density at radius 2 is 1.50 bits per heavy atom. The smallest absolute Gasteiger partial charge is 0.255 e. The second-order valence-corrected chi connectivity index (χ2v) is 7.26. The number of carbonyl (C=O) groups is 1. The van der Waals surface area contributed by atoms with Gasteiger partial charge in [-0.05, 0) is 54.8 Å². The molecule has 5 nitrogen and oxygen atoms in total. The maximum absolute atomic E-state index is 12.1. The van der Waals surface area contributed by atoms with Crippen molar-refractivity contribution in [1.82, 2.24) is 0 Å². The normalized spacial score (nSPS) is 11.0. The Bertz CT molecular complexity index is 754. The summed E-state index contributed by atoms with van der Waals surface area (Å²) in [6.07, 6.45) is 3.06. The molecule has 2 aromatic carbocycles. The van der Waals surface area contributed by atoms with Crippen LogP contribution in [0.2, 0.25) is 0 Å². The van der Waals surface area contributed by atoms with Crippen LogP contribution in [0.1, 0.15) is 10.4 Å². The first-order chi connectivity index (χ1) is 10.4. The first-order valence-electron chi connectivity index (χ1n) is 6.40. The van der Waals surface area contributed by atoms with Crippen LogP contribution in [-0.4, -0.2) is 26.8 Å². The molecular weight excluding hydrogens is 320 g/mol. The highest BCUT2D eigenvalue weighted by atomic mass is 32.2. The van der Waals surface area contributed by atoms with E-state index in [1.54, 1.807) is 36.0 Å². The van der Waals surface area contributed by atoms with Gasteiger partial charge < -0.3 is 5.32 Å². The highest BCUT2D eigenvalue weighted by Crippen LogP contribution is 2.18. The minimum absolute atomic E-state index is 0.247. The molecule has 1 amide bonds. The number of hydrogen-bond donors (Lipinski definition) is 2. The van der Waals surface area contributed by atoms with Gasteiger partial charge in [0.25, 0.3) is 5.91 Å². The fourth-order valence-electron chi connectivity index (χ4n) is 1.78. The van der Waals surface area contributed by atoms with Crippen molar-refractivity contribution in [1.29, 1.82) is 0 Å². The van der Waals surface area contributed by atoms with Crippen molar-refractivity contribution in [3.8, 4) is 0 Å². The maximum atomic E-state index is 12.1. The average molecular weight is 336 g/mol. The Balaban J connectivity index is 2.05. The number of hydrogen-bond acceptors (Lipinski definition) is 4. The Morgan fingerprint density at radius 3 is 2.00 bits per heavy atom. The molecule has 0 atom stereocenters. The van der Waals surface area contributed by atoms with Gasteiger partial charge in [-0.1, -0.05) is 0 Å². The van der Waals surface area contributed by atoms with E-state index in [1.807, 2.05) is 30.5 Å². The van der Waals surface area contributed by atoms with Crippen molar-refractivity contribution in [2.45, 2.75) is 4.90 Å². The predicted molar refractivity (Wildman–Crippen MR) is 91.1 cm³/mol. The summed E-state index contributed by atoms with van der Waals surface area (Å²) in [4.78, 5) is 13.2. The average Bonchev–Trinajstić information content (AvgIpc) is 2.47. The summed E-state index contributed by atoms with van der Waals surface area (Å²) in [6.45, 7) is 0. The second-order valence-electron chi connectivity index (χ2n) is 4.63. The maximum Gasteiger partial charge on any atom is 0.255 e. The van der Waals surface area contributed by atoms with E-state index in [-0.39, 0.29) is 5.91 Å². The van der Waals surface area contributed by atoms with E-state index in [0.717, 1.165) is 11.2 Å². The van der Waals surface area contributed by atoms with Crippen molar-refractivity contribution in [3.63, 3.8) is 0 Å². The third-order valence-electron chi connectivity index (χ3n) is 2.80. The molecule has 22 heavy (non-hydrogen) atoms. The minimum Gasteiger partial charge on any atom is -0.322 e. The molecule has 2 aromatic rings. The first kappa shape index (κ1) is 16.4. The van der Waals surface area contributed by atoms with Crippen LogP contribution < -0.4 is 10.0 Å².